The molecule has 0 aliphatic rings. The largest absolute Gasteiger partial charge is 0.343 e. The third kappa shape index (κ3) is 3.04. The summed E-state index contributed by atoms with van der Waals surface area (Å²) in [5, 5.41) is 6.01. The standard InChI is InChI=1S/C12H11ClN2OS2/c1-7(12-14-4-5-18-12)15-11(16)9-6-8(17)2-3-10(9)13/h2-7,17H,1H3,(H,15,16). The van der Waals surface area contributed by atoms with Gasteiger partial charge in [-0.2, -0.15) is 0 Å². The molecule has 1 aromatic carbocycles. The maximum atomic E-state index is 12.1. The van der Waals surface area contributed by atoms with Gasteiger partial charge in [0.2, 0.25) is 0 Å². The second-order valence-corrected chi connectivity index (χ2v) is 5.58. The number of aromatic nitrogens is 1. The van der Waals surface area contributed by atoms with Crippen LogP contribution < -0.4 is 5.32 Å². The van der Waals surface area contributed by atoms with Crippen molar-refractivity contribution in [1.82, 2.24) is 10.3 Å². The van der Waals surface area contributed by atoms with Gasteiger partial charge in [0.25, 0.3) is 5.91 Å². The summed E-state index contributed by atoms with van der Waals surface area (Å²) in [5.41, 5.74) is 0.424. The molecule has 1 heterocycles. The van der Waals surface area contributed by atoms with Crippen LogP contribution in [-0.2, 0) is 0 Å². The van der Waals surface area contributed by atoms with E-state index in [-0.39, 0.29) is 11.9 Å². The van der Waals surface area contributed by atoms with Gasteiger partial charge in [-0.25, -0.2) is 4.98 Å². The Hall–Kier alpha value is -1.04. The highest BCUT2D eigenvalue weighted by Crippen LogP contribution is 2.21. The van der Waals surface area contributed by atoms with Gasteiger partial charge in [-0.3, -0.25) is 4.79 Å². The van der Waals surface area contributed by atoms with Gasteiger partial charge < -0.3 is 5.32 Å². The summed E-state index contributed by atoms with van der Waals surface area (Å²) in [5.74, 6) is -0.224. The van der Waals surface area contributed by atoms with Crippen molar-refractivity contribution in [3.8, 4) is 0 Å². The van der Waals surface area contributed by atoms with Crippen LogP contribution in [0.5, 0.6) is 0 Å². The molecule has 0 aliphatic heterocycles. The number of amides is 1. The van der Waals surface area contributed by atoms with E-state index in [1.54, 1.807) is 24.4 Å². The van der Waals surface area contributed by atoms with E-state index in [0.717, 1.165) is 5.01 Å². The Morgan fingerprint density at radius 1 is 1.56 bits per heavy atom. The van der Waals surface area contributed by atoms with E-state index in [1.165, 1.54) is 11.3 Å². The average Bonchev–Trinajstić information content (AvgIpc) is 2.85. The van der Waals surface area contributed by atoms with Crippen molar-refractivity contribution < 1.29 is 4.79 Å². The molecule has 1 atom stereocenters. The van der Waals surface area contributed by atoms with Crippen LogP contribution in [0.2, 0.25) is 5.02 Å². The predicted molar refractivity (Wildman–Crippen MR) is 76.7 cm³/mol. The van der Waals surface area contributed by atoms with Gasteiger partial charge in [0.05, 0.1) is 16.6 Å². The van der Waals surface area contributed by atoms with Crippen LogP contribution in [0.3, 0.4) is 0 Å². The highest BCUT2D eigenvalue weighted by molar-refractivity contribution is 7.80. The van der Waals surface area contributed by atoms with Crippen molar-refractivity contribution in [3.05, 3.63) is 45.4 Å². The molecule has 6 heteroatoms. The van der Waals surface area contributed by atoms with E-state index in [9.17, 15) is 4.79 Å². The first kappa shape index (κ1) is 13.4. The van der Waals surface area contributed by atoms with E-state index in [1.807, 2.05) is 12.3 Å². The fourth-order valence-corrected chi connectivity index (χ4v) is 2.52. The zero-order valence-electron chi connectivity index (χ0n) is 9.55. The van der Waals surface area contributed by atoms with Gasteiger partial charge in [0.1, 0.15) is 5.01 Å². The molecule has 0 aliphatic carbocycles. The third-order valence-corrected chi connectivity index (χ3v) is 3.93. The van der Waals surface area contributed by atoms with E-state index < -0.39 is 0 Å². The van der Waals surface area contributed by atoms with Crippen molar-refractivity contribution in [1.29, 1.82) is 0 Å². The van der Waals surface area contributed by atoms with E-state index in [0.29, 0.717) is 15.5 Å². The van der Waals surface area contributed by atoms with Crippen molar-refractivity contribution in [3.63, 3.8) is 0 Å². The Morgan fingerprint density at radius 2 is 2.33 bits per heavy atom. The first-order valence-corrected chi connectivity index (χ1v) is 6.97. The second-order valence-electron chi connectivity index (χ2n) is 3.73. The first-order valence-electron chi connectivity index (χ1n) is 5.26. The molecule has 2 aromatic rings. The lowest BCUT2D eigenvalue weighted by Crippen LogP contribution is -2.26. The number of carbonyl (C=O) groups excluding carboxylic acids is 1. The Morgan fingerprint density at radius 3 is 3.00 bits per heavy atom. The monoisotopic (exact) mass is 298 g/mol. The maximum Gasteiger partial charge on any atom is 0.253 e. The summed E-state index contributed by atoms with van der Waals surface area (Å²) in [7, 11) is 0. The molecule has 0 radical (unpaired) electrons. The van der Waals surface area contributed by atoms with Gasteiger partial charge in [0, 0.05) is 16.5 Å². The van der Waals surface area contributed by atoms with Crippen LogP contribution >= 0.6 is 35.6 Å². The molecule has 0 spiro atoms. The number of thiol groups is 1. The molecule has 1 unspecified atom stereocenters. The van der Waals surface area contributed by atoms with Crippen LogP contribution in [0, 0.1) is 0 Å². The van der Waals surface area contributed by atoms with Gasteiger partial charge in [-0.15, -0.1) is 24.0 Å². The van der Waals surface area contributed by atoms with Gasteiger partial charge in [0.15, 0.2) is 0 Å². The van der Waals surface area contributed by atoms with Crippen LogP contribution in [0.4, 0.5) is 0 Å². The number of rotatable bonds is 3. The maximum absolute atomic E-state index is 12.1. The molecule has 18 heavy (non-hydrogen) atoms. The summed E-state index contributed by atoms with van der Waals surface area (Å²) < 4.78 is 0. The number of thiazole rings is 1. The van der Waals surface area contributed by atoms with Gasteiger partial charge in [-0.05, 0) is 25.1 Å². The second kappa shape index (κ2) is 5.73. The van der Waals surface area contributed by atoms with E-state index in [4.69, 9.17) is 11.6 Å². The minimum absolute atomic E-state index is 0.142. The number of nitrogens with zero attached hydrogens (tertiary/aromatic N) is 1. The van der Waals surface area contributed by atoms with Crippen molar-refractivity contribution >= 4 is 41.5 Å². The molecule has 0 fully saturated rings. The average molecular weight is 299 g/mol. The number of halogens is 1. The van der Waals surface area contributed by atoms with Crippen molar-refractivity contribution in [2.45, 2.75) is 17.9 Å². The fraction of sp³-hybridized carbons (Fsp3) is 0.167. The van der Waals surface area contributed by atoms with Crippen molar-refractivity contribution in [2.75, 3.05) is 0 Å². The zero-order valence-corrected chi connectivity index (χ0v) is 12.0. The molecular weight excluding hydrogens is 288 g/mol. The third-order valence-electron chi connectivity index (χ3n) is 2.36. The number of hydrogen-bond donors (Lipinski definition) is 2. The van der Waals surface area contributed by atoms with Gasteiger partial charge in [-0.1, -0.05) is 11.6 Å². The highest BCUT2D eigenvalue weighted by atomic mass is 35.5. The Bertz CT molecular complexity index is 557. The highest BCUT2D eigenvalue weighted by Gasteiger charge is 2.15. The number of carbonyl (C=O) groups is 1. The minimum Gasteiger partial charge on any atom is -0.343 e. The van der Waals surface area contributed by atoms with E-state index >= 15 is 0 Å². The molecule has 1 aromatic heterocycles. The molecule has 1 N–H and O–H groups in total. The van der Waals surface area contributed by atoms with E-state index in [2.05, 4.69) is 22.9 Å². The smallest absolute Gasteiger partial charge is 0.253 e. The number of nitrogens with one attached hydrogen (secondary N) is 1. The topological polar surface area (TPSA) is 42.0 Å². The SMILES string of the molecule is CC(NC(=O)c1cc(S)ccc1Cl)c1nccs1. The molecule has 0 saturated heterocycles. The summed E-state index contributed by atoms with van der Waals surface area (Å²) in [6.45, 7) is 1.88. The Balaban J connectivity index is 2.15. The van der Waals surface area contributed by atoms with Crippen molar-refractivity contribution in [2.24, 2.45) is 0 Å². The Labute approximate surface area is 120 Å². The van der Waals surface area contributed by atoms with Crippen LogP contribution in [0.1, 0.15) is 28.3 Å². The summed E-state index contributed by atoms with van der Waals surface area (Å²) in [4.78, 5) is 16.9. The molecule has 0 saturated carbocycles. The Kier molecular flexibility index (Phi) is 4.27. The summed E-state index contributed by atoms with van der Waals surface area (Å²) >= 11 is 11.7. The molecule has 0 bridgehead atoms. The van der Waals surface area contributed by atoms with Gasteiger partial charge >= 0.3 is 0 Å². The normalized spacial score (nSPS) is 12.2. The molecule has 94 valence electrons. The molecule has 3 nitrogen and oxygen atoms in total. The van der Waals surface area contributed by atoms with Crippen LogP contribution in [-0.4, -0.2) is 10.9 Å². The summed E-state index contributed by atoms with van der Waals surface area (Å²) in [6, 6.07) is 4.91. The zero-order chi connectivity index (χ0) is 13.1. The number of hydrogen-bond acceptors (Lipinski definition) is 4. The van der Waals surface area contributed by atoms with Crippen LogP contribution in [0.25, 0.3) is 0 Å². The molecule has 2 rings (SSSR count). The first-order chi connectivity index (χ1) is 8.58. The predicted octanol–water partition coefficient (Wildman–Crippen LogP) is 3.58. The number of benzene rings is 1. The van der Waals surface area contributed by atoms with Crippen LogP contribution in [0.15, 0.2) is 34.7 Å². The fourth-order valence-electron chi connectivity index (χ4n) is 1.47. The lowest BCUT2D eigenvalue weighted by atomic mass is 10.2. The quantitative estimate of drug-likeness (QED) is 0.851. The minimum atomic E-state index is -0.224. The summed E-state index contributed by atoms with van der Waals surface area (Å²) in [6.07, 6.45) is 1.71. The molecular formula is C12H11ClN2OS2. The lowest BCUT2D eigenvalue weighted by Gasteiger charge is -2.12. The molecule has 1 amide bonds. The lowest BCUT2D eigenvalue weighted by molar-refractivity contribution is 0.0940.